The van der Waals surface area contributed by atoms with Gasteiger partial charge in [0.25, 0.3) is 5.91 Å². The molecule has 1 saturated heterocycles. The van der Waals surface area contributed by atoms with Gasteiger partial charge in [-0.3, -0.25) is 9.89 Å². The van der Waals surface area contributed by atoms with E-state index >= 15 is 0 Å². The highest BCUT2D eigenvalue weighted by atomic mass is 16.5. The Morgan fingerprint density at radius 3 is 3.12 bits per heavy atom. The minimum Gasteiger partial charge on any atom is -0.395 e. The Labute approximate surface area is 98.5 Å². The molecular formula is C10H16N4O3. The van der Waals surface area contributed by atoms with Gasteiger partial charge in [0.1, 0.15) is 0 Å². The van der Waals surface area contributed by atoms with Crippen molar-refractivity contribution in [3.8, 4) is 0 Å². The van der Waals surface area contributed by atoms with Gasteiger partial charge in [0.05, 0.1) is 30.7 Å². The van der Waals surface area contributed by atoms with Crippen molar-refractivity contribution in [3.05, 3.63) is 11.4 Å². The number of aryl methyl sites for hydroxylation is 1. The molecule has 1 atom stereocenters. The second kappa shape index (κ2) is 4.72. The smallest absolute Gasteiger partial charge is 0.276 e. The van der Waals surface area contributed by atoms with Crippen LogP contribution in [-0.2, 0) is 4.74 Å². The molecule has 0 bridgehead atoms. The number of H-pyrrole nitrogens is 1. The van der Waals surface area contributed by atoms with Crippen molar-refractivity contribution in [3.63, 3.8) is 0 Å². The van der Waals surface area contributed by atoms with Crippen LogP contribution in [0.3, 0.4) is 0 Å². The lowest BCUT2D eigenvalue weighted by molar-refractivity contribution is -0.0448. The summed E-state index contributed by atoms with van der Waals surface area (Å²) in [7, 11) is 0. The molecule has 94 valence electrons. The van der Waals surface area contributed by atoms with Gasteiger partial charge < -0.3 is 20.5 Å². The molecule has 1 fully saturated rings. The maximum absolute atomic E-state index is 12.1. The molecule has 1 aromatic rings. The molecule has 1 aliphatic heterocycles. The number of hydrogen-bond acceptors (Lipinski definition) is 5. The number of aliphatic hydroxyl groups is 1. The highest BCUT2D eigenvalue weighted by molar-refractivity contribution is 5.97. The van der Waals surface area contributed by atoms with E-state index in [0.717, 1.165) is 0 Å². The topological polar surface area (TPSA) is 104 Å². The summed E-state index contributed by atoms with van der Waals surface area (Å²) in [6.07, 6.45) is -0.325. The van der Waals surface area contributed by atoms with Gasteiger partial charge in [0.15, 0.2) is 5.69 Å². The number of nitrogens with zero attached hydrogens (tertiary/aromatic N) is 2. The minimum absolute atomic E-state index is 0.0984. The molecular weight excluding hydrogens is 224 g/mol. The number of hydrogen-bond donors (Lipinski definition) is 3. The van der Waals surface area contributed by atoms with E-state index in [4.69, 9.17) is 15.6 Å². The van der Waals surface area contributed by atoms with Crippen molar-refractivity contribution in [2.75, 3.05) is 32.0 Å². The molecule has 1 unspecified atom stereocenters. The molecule has 0 spiro atoms. The monoisotopic (exact) mass is 240 g/mol. The van der Waals surface area contributed by atoms with Crippen LogP contribution in [0.15, 0.2) is 0 Å². The Bertz CT molecular complexity index is 418. The summed E-state index contributed by atoms with van der Waals surface area (Å²) in [6.45, 7) is 2.93. The Morgan fingerprint density at radius 1 is 1.76 bits per heavy atom. The number of carbonyl (C=O) groups is 1. The number of anilines is 1. The Kier molecular flexibility index (Phi) is 3.30. The summed E-state index contributed by atoms with van der Waals surface area (Å²) in [5.41, 5.74) is 7.05. The summed E-state index contributed by atoms with van der Waals surface area (Å²) in [4.78, 5) is 13.7. The number of nitrogen functional groups attached to an aromatic ring is 1. The fraction of sp³-hybridized carbons (Fsp3) is 0.600. The number of nitrogens with one attached hydrogen (secondary N) is 1. The molecule has 17 heavy (non-hydrogen) atoms. The van der Waals surface area contributed by atoms with E-state index in [0.29, 0.717) is 31.1 Å². The number of carbonyl (C=O) groups excluding carboxylic acids is 1. The first-order valence-electron chi connectivity index (χ1n) is 5.45. The second-order valence-corrected chi connectivity index (χ2v) is 4.04. The minimum atomic E-state index is -0.325. The summed E-state index contributed by atoms with van der Waals surface area (Å²) < 4.78 is 5.28. The van der Waals surface area contributed by atoms with Crippen LogP contribution in [-0.4, -0.2) is 58.5 Å². The zero-order valence-electron chi connectivity index (χ0n) is 9.64. The van der Waals surface area contributed by atoms with Crippen LogP contribution in [0, 0.1) is 6.92 Å². The third-order valence-electron chi connectivity index (χ3n) is 2.83. The number of nitrogens with two attached hydrogens (primary N) is 1. The first kappa shape index (κ1) is 11.9. The Balaban J connectivity index is 2.12. The molecule has 0 saturated carbocycles. The second-order valence-electron chi connectivity index (χ2n) is 4.04. The largest absolute Gasteiger partial charge is 0.395 e. The van der Waals surface area contributed by atoms with Gasteiger partial charge in [-0.2, -0.15) is 5.10 Å². The molecule has 4 N–H and O–H groups in total. The molecule has 7 nitrogen and oxygen atoms in total. The zero-order valence-corrected chi connectivity index (χ0v) is 9.64. The first-order chi connectivity index (χ1) is 8.13. The van der Waals surface area contributed by atoms with E-state index in [2.05, 4.69) is 10.2 Å². The summed E-state index contributed by atoms with van der Waals surface area (Å²) in [6, 6.07) is 0. The molecule has 1 aliphatic rings. The predicted molar refractivity (Wildman–Crippen MR) is 60.5 cm³/mol. The lowest BCUT2D eigenvalue weighted by Gasteiger charge is -2.31. The van der Waals surface area contributed by atoms with Crippen molar-refractivity contribution < 1.29 is 14.6 Å². The maximum atomic E-state index is 12.1. The fourth-order valence-electron chi connectivity index (χ4n) is 1.76. The van der Waals surface area contributed by atoms with Crippen molar-refractivity contribution in [2.45, 2.75) is 13.0 Å². The fourth-order valence-corrected chi connectivity index (χ4v) is 1.76. The van der Waals surface area contributed by atoms with Gasteiger partial charge >= 0.3 is 0 Å². The molecule has 0 aliphatic carbocycles. The van der Waals surface area contributed by atoms with Crippen molar-refractivity contribution in [1.29, 1.82) is 0 Å². The van der Waals surface area contributed by atoms with Crippen molar-refractivity contribution >= 4 is 11.6 Å². The van der Waals surface area contributed by atoms with Gasteiger partial charge in [-0.15, -0.1) is 0 Å². The predicted octanol–water partition coefficient (Wildman–Crippen LogP) is -0.866. The van der Waals surface area contributed by atoms with Crippen LogP contribution in [0.2, 0.25) is 0 Å². The lowest BCUT2D eigenvalue weighted by atomic mass is 10.2. The third-order valence-corrected chi connectivity index (χ3v) is 2.83. The molecule has 1 aromatic heterocycles. The van der Waals surface area contributed by atoms with Crippen LogP contribution in [0.5, 0.6) is 0 Å². The normalized spacial score (nSPS) is 20.6. The highest BCUT2D eigenvalue weighted by Gasteiger charge is 2.27. The van der Waals surface area contributed by atoms with Crippen molar-refractivity contribution in [2.24, 2.45) is 0 Å². The standard InChI is InChI=1S/C10H16N4O3/c1-6-8(11)9(13-12-6)10(16)14-2-3-17-7(4-14)5-15/h7,15H,2-5,11H2,1H3,(H,12,13). The number of aromatic nitrogens is 2. The molecule has 2 heterocycles. The number of aliphatic hydroxyl groups excluding tert-OH is 1. The Morgan fingerprint density at radius 2 is 2.53 bits per heavy atom. The SMILES string of the molecule is Cc1[nH]nc(C(=O)N2CCOC(CO)C2)c1N. The third kappa shape index (κ3) is 2.25. The quantitative estimate of drug-likeness (QED) is 0.623. The summed E-state index contributed by atoms with van der Waals surface area (Å²) >= 11 is 0. The van der Waals surface area contributed by atoms with Crippen LogP contribution < -0.4 is 5.73 Å². The molecule has 1 amide bonds. The zero-order chi connectivity index (χ0) is 12.4. The first-order valence-corrected chi connectivity index (χ1v) is 5.45. The van der Waals surface area contributed by atoms with Gasteiger partial charge in [-0.05, 0) is 6.92 Å². The van der Waals surface area contributed by atoms with E-state index in [9.17, 15) is 4.79 Å². The molecule has 7 heteroatoms. The average Bonchev–Trinajstić information content (AvgIpc) is 2.69. The number of amides is 1. The number of aromatic amines is 1. The van der Waals surface area contributed by atoms with Crippen LogP contribution >= 0.6 is 0 Å². The van der Waals surface area contributed by atoms with Gasteiger partial charge in [-0.1, -0.05) is 0 Å². The highest BCUT2D eigenvalue weighted by Crippen LogP contribution is 2.16. The van der Waals surface area contributed by atoms with E-state index in [1.165, 1.54) is 0 Å². The average molecular weight is 240 g/mol. The van der Waals surface area contributed by atoms with Gasteiger partial charge in [0, 0.05) is 13.1 Å². The number of morpholine rings is 1. The van der Waals surface area contributed by atoms with E-state index in [1.807, 2.05) is 0 Å². The van der Waals surface area contributed by atoms with Crippen LogP contribution in [0.4, 0.5) is 5.69 Å². The number of ether oxygens (including phenoxy) is 1. The van der Waals surface area contributed by atoms with E-state index in [1.54, 1.807) is 11.8 Å². The maximum Gasteiger partial charge on any atom is 0.276 e. The molecule has 0 aromatic carbocycles. The molecule has 2 rings (SSSR count). The van der Waals surface area contributed by atoms with Gasteiger partial charge in [0.2, 0.25) is 0 Å². The Hall–Kier alpha value is -1.60. The molecule has 0 radical (unpaired) electrons. The summed E-state index contributed by atoms with van der Waals surface area (Å²) in [5.74, 6) is -0.228. The number of rotatable bonds is 2. The van der Waals surface area contributed by atoms with Crippen molar-refractivity contribution in [1.82, 2.24) is 15.1 Å². The lowest BCUT2D eigenvalue weighted by Crippen LogP contribution is -2.47. The van der Waals surface area contributed by atoms with E-state index in [-0.39, 0.29) is 24.3 Å². The van der Waals surface area contributed by atoms with Gasteiger partial charge in [-0.25, -0.2) is 0 Å². The summed E-state index contributed by atoms with van der Waals surface area (Å²) in [5, 5.41) is 15.6. The van der Waals surface area contributed by atoms with Crippen LogP contribution in [0.1, 0.15) is 16.2 Å². The van der Waals surface area contributed by atoms with Crippen LogP contribution in [0.25, 0.3) is 0 Å². The van der Waals surface area contributed by atoms with E-state index < -0.39 is 0 Å².